The van der Waals surface area contributed by atoms with Gasteiger partial charge in [0.05, 0.1) is 33.5 Å². The normalized spacial score (nSPS) is 16.8. The summed E-state index contributed by atoms with van der Waals surface area (Å²) < 4.78 is 47.7. The lowest BCUT2D eigenvalue weighted by atomic mass is 9.80. The maximum atomic E-state index is 13.3. The van der Waals surface area contributed by atoms with Crippen LogP contribution in [0.5, 0.6) is 11.5 Å². The molecule has 0 bridgehead atoms. The highest BCUT2D eigenvalue weighted by molar-refractivity contribution is 7.44. The highest BCUT2D eigenvalue weighted by Gasteiger charge is 2.45. The number of benzene rings is 4. The molecule has 0 aliphatic carbocycles. The number of hydrogen-bond donors (Lipinski definition) is 2. The predicted molar refractivity (Wildman–Crippen MR) is 248 cm³/mol. The molecule has 1 fully saturated rings. The minimum atomic E-state index is -1.81. The second kappa shape index (κ2) is 21.9. The van der Waals surface area contributed by atoms with Gasteiger partial charge in [-0.15, -0.1) is 0 Å². The van der Waals surface area contributed by atoms with Crippen molar-refractivity contribution < 1.29 is 37.5 Å². The van der Waals surface area contributed by atoms with Gasteiger partial charge < -0.3 is 37.6 Å². The first-order valence-corrected chi connectivity index (χ1v) is 22.4. The van der Waals surface area contributed by atoms with Crippen LogP contribution < -0.4 is 30.9 Å². The van der Waals surface area contributed by atoms with Crippen molar-refractivity contribution in [2.45, 2.75) is 77.2 Å². The van der Waals surface area contributed by atoms with Crippen LogP contribution >= 0.6 is 8.53 Å². The van der Waals surface area contributed by atoms with E-state index < -0.39 is 49.9 Å². The molecule has 0 spiro atoms. The van der Waals surface area contributed by atoms with Gasteiger partial charge in [0.25, 0.3) is 14.1 Å². The Hall–Kier alpha value is -5.54. The molecule has 4 aromatic carbocycles. The Bertz CT molecular complexity index is 2320. The molecule has 15 nitrogen and oxygen atoms in total. The number of anilines is 2. The second-order valence-electron chi connectivity index (χ2n) is 16.1. The minimum absolute atomic E-state index is 0.00343. The van der Waals surface area contributed by atoms with Crippen LogP contribution in [-0.2, 0) is 28.9 Å². The van der Waals surface area contributed by atoms with Crippen LogP contribution in [0.1, 0.15) is 62.6 Å². The van der Waals surface area contributed by atoms with Gasteiger partial charge in [-0.1, -0.05) is 54.6 Å². The number of ether oxygens (including phenoxy) is 5. The average molecular weight is 898 g/mol. The third kappa shape index (κ3) is 11.4. The minimum Gasteiger partial charge on any atom is -0.497 e. The summed E-state index contributed by atoms with van der Waals surface area (Å²) >= 11 is 0. The molecule has 1 aromatic heterocycles. The number of carbonyl (C=O) groups excluding carboxylic acids is 1. The standard InChI is InChI=1S/C48H60N5O10P/c1-32(2)53(33(3)4)64(61-28-27-59-47(56)49-38-19-21-39(22-20-38)51(6)7)63-42-29-44(52-30-34(5)45(54)50-46(52)55)62-43(42)31-60-48(35-13-11-10-12-14-35,36-15-23-40(57-8)24-16-36)37-17-25-41(58-9)26-18-37/h10-26,30,32-33,42-44H,27-29,31H2,1-9H3,(H,49,56)(H,50,54,55)/t42-,43+,44+,64?/m0/s1. The predicted octanol–water partition coefficient (Wildman–Crippen LogP) is 8.22. The number of rotatable bonds is 20. The van der Waals surface area contributed by atoms with E-state index in [1.807, 2.05) is 110 Å². The number of hydrogen-bond acceptors (Lipinski definition) is 12. The van der Waals surface area contributed by atoms with Crippen LogP contribution in [0, 0.1) is 6.92 Å². The quantitative estimate of drug-likeness (QED) is 0.0440. The first-order chi connectivity index (χ1) is 30.7. The Morgan fingerprint density at radius 3 is 1.97 bits per heavy atom. The zero-order chi connectivity index (χ0) is 46.0. The monoisotopic (exact) mass is 897 g/mol. The van der Waals surface area contributed by atoms with E-state index in [2.05, 4.69) is 42.7 Å². The lowest BCUT2D eigenvalue weighted by Crippen LogP contribution is -2.40. The van der Waals surface area contributed by atoms with Gasteiger partial charge in [-0.3, -0.25) is 19.7 Å². The maximum absolute atomic E-state index is 13.3. The van der Waals surface area contributed by atoms with Gasteiger partial charge in [-0.05, 0) is 99.8 Å². The fourth-order valence-corrected chi connectivity index (χ4v) is 9.44. The zero-order valence-corrected chi connectivity index (χ0v) is 38.9. The van der Waals surface area contributed by atoms with E-state index in [1.165, 1.54) is 10.8 Å². The second-order valence-corrected chi connectivity index (χ2v) is 17.5. The van der Waals surface area contributed by atoms with Gasteiger partial charge in [0.15, 0.2) is 0 Å². The number of nitrogens with zero attached hydrogens (tertiary/aromatic N) is 3. The molecule has 0 saturated carbocycles. The van der Waals surface area contributed by atoms with Crippen LogP contribution in [-0.4, -0.2) is 92.7 Å². The van der Waals surface area contributed by atoms with Crippen LogP contribution in [0.2, 0.25) is 0 Å². The average Bonchev–Trinajstić information content (AvgIpc) is 3.69. The largest absolute Gasteiger partial charge is 0.497 e. The van der Waals surface area contributed by atoms with Gasteiger partial charge >= 0.3 is 11.8 Å². The molecule has 6 rings (SSSR count). The molecule has 1 aliphatic heterocycles. The van der Waals surface area contributed by atoms with Crippen LogP contribution in [0.3, 0.4) is 0 Å². The third-order valence-corrected chi connectivity index (χ3v) is 13.1. The molecule has 0 radical (unpaired) electrons. The number of carbonyl (C=O) groups is 1. The molecule has 16 heteroatoms. The zero-order valence-electron chi connectivity index (χ0n) is 38.0. The van der Waals surface area contributed by atoms with E-state index in [1.54, 1.807) is 33.3 Å². The maximum Gasteiger partial charge on any atom is 0.411 e. The number of aryl methyl sites for hydroxylation is 1. The number of H-pyrrole nitrogens is 1. The van der Waals surface area contributed by atoms with Gasteiger partial charge in [0, 0.05) is 55.7 Å². The molecule has 2 N–H and O–H groups in total. The molecule has 342 valence electrons. The Morgan fingerprint density at radius 1 is 0.844 bits per heavy atom. The third-order valence-electron chi connectivity index (χ3n) is 10.9. The Balaban J connectivity index is 1.32. The van der Waals surface area contributed by atoms with Crippen molar-refractivity contribution in [3.8, 4) is 11.5 Å². The van der Waals surface area contributed by atoms with Crippen molar-refractivity contribution in [1.29, 1.82) is 0 Å². The topological polar surface area (TPSA) is 155 Å². The van der Waals surface area contributed by atoms with Crippen molar-refractivity contribution in [2.24, 2.45) is 0 Å². The summed E-state index contributed by atoms with van der Waals surface area (Å²) in [6.45, 7) is 9.86. The highest BCUT2D eigenvalue weighted by atomic mass is 31.2. The fraction of sp³-hybridized carbons (Fsp3) is 0.396. The molecular weight excluding hydrogens is 838 g/mol. The highest BCUT2D eigenvalue weighted by Crippen LogP contribution is 2.50. The van der Waals surface area contributed by atoms with Gasteiger partial charge in [-0.25, -0.2) is 14.3 Å². The summed E-state index contributed by atoms with van der Waals surface area (Å²) in [5.74, 6) is 1.37. The van der Waals surface area contributed by atoms with Crippen molar-refractivity contribution in [3.63, 3.8) is 0 Å². The number of nitrogens with one attached hydrogen (secondary N) is 2. The summed E-state index contributed by atoms with van der Waals surface area (Å²) in [4.78, 5) is 42.9. The van der Waals surface area contributed by atoms with Crippen molar-refractivity contribution in [2.75, 3.05) is 58.4 Å². The van der Waals surface area contributed by atoms with Gasteiger partial charge in [0.1, 0.15) is 36.0 Å². The fourth-order valence-electron chi connectivity index (χ4n) is 7.70. The van der Waals surface area contributed by atoms with Crippen molar-refractivity contribution >= 4 is 26.0 Å². The van der Waals surface area contributed by atoms with E-state index >= 15 is 0 Å². The lowest BCUT2D eigenvalue weighted by Gasteiger charge is -2.39. The number of aromatic amines is 1. The SMILES string of the molecule is COc1ccc(C(OC[C@H]2O[C@@H](n3cc(C)c(=O)[nH]c3=O)C[C@@H]2OP(OCCOC(=O)Nc2ccc(N(C)C)cc2)N(C(C)C)C(C)C)(c2ccccc2)c2ccc(OC)cc2)cc1. The van der Waals surface area contributed by atoms with Gasteiger partial charge in [0.2, 0.25) is 0 Å². The summed E-state index contributed by atoms with van der Waals surface area (Å²) in [5.41, 5.74) is 2.22. The van der Waals surface area contributed by atoms with Gasteiger partial charge in [-0.2, -0.15) is 0 Å². The van der Waals surface area contributed by atoms with E-state index in [0.717, 1.165) is 22.4 Å². The summed E-state index contributed by atoms with van der Waals surface area (Å²) in [6.07, 6.45) is -1.14. The van der Waals surface area contributed by atoms with E-state index in [0.29, 0.717) is 22.7 Å². The number of amides is 1. The molecular formula is C48H60N5O10P. The smallest absolute Gasteiger partial charge is 0.411 e. The van der Waals surface area contributed by atoms with Crippen LogP contribution in [0.4, 0.5) is 16.2 Å². The van der Waals surface area contributed by atoms with E-state index in [-0.39, 0.29) is 38.3 Å². The summed E-state index contributed by atoms with van der Waals surface area (Å²) in [5, 5.41) is 2.76. The van der Waals surface area contributed by atoms with E-state index in [9.17, 15) is 14.4 Å². The number of methoxy groups -OCH3 is 2. The Kier molecular flexibility index (Phi) is 16.4. The molecule has 1 aliphatic rings. The molecule has 64 heavy (non-hydrogen) atoms. The first kappa shape index (κ1) is 47.9. The summed E-state index contributed by atoms with van der Waals surface area (Å²) in [6, 6.07) is 32.8. The van der Waals surface area contributed by atoms with Crippen molar-refractivity contribution in [1.82, 2.24) is 14.2 Å². The van der Waals surface area contributed by atoms with E-state index in [4.69, 9.17) is 32.7 Å². The molecule has 5 aromatic rings. The summed E-state index contributed by atoms with van der Waals surface area (Å²) in [7, 11) is 5.32. The molecule has 2 heterocycles. The molecule has 1 unspecified atom stereocenters. The lowest BCUT2D eigenvalue weighted by molar-refractivity contribution is -0.0926. The van der Waals surface area contributed by atoms with Crippen molar-refractivity contribution in [3.05, 3.63) is 152 Å². The van der Waals surface area contributed by atoms with Crippen LogP contribution in [0.25, 0.3) is 0 Å². The molecule has 1 saturated heterocycles. The number of aromatic nitrogens is 2. The Morgan fingerprint density at radius 2 is 1.42 bits per heavy atom. The molecule has 4 atom stereocenters. The Labute approximate surface area is 376 Å². The molecule has 1 amide bonds. The first-order valence-electron chi connectivity index (χ1n) is 21.3. The van der Waals surface area contributed by atoms with Crippen LogP contribution in [0.15, 0.2) is 119 Å².